The van der Waals surface area contributed by atoms with Crippen molar-refractivity contribution >= 4 is 71.1 Å². The molecule has 0 aliphatic rings. The van der Waals surface area contributed by atoms with E-state index < -0.39 is 0 Å². The molecule has 58 heavy (non-hydrogen) atoms. The maximum Gasteiger partial charge on any atom is 0.135 e. The topological polar surface area (TPSA) is 23.0 Å². The van der Waals surface area contributed by atoms with Crippen molar-refractivity contribution in [2.75, 3.05) is 0 Å². The zero-order chi connectivity index (χ0) is 38.7. The highest BCUT2D eigenvalue weighted by molar-refractivity contribution is 6.13. The van der Waals surface area contributed by atoms with Gasteiger partial charge in [-0.15, -0.1) is 0 Å². The lowest BCUT2D eigenvalue weighted by Crippen LogP contribution is -1.94. The smallest absolute Gasteiger partial charge is 0.135 e. The van der Waals surface area contributed by atoms with Crippen LogP contribution < -0.4 is 0 Å². The van der Waals surface area contributed by atoms with E-state index in [0.717, 1.165) is 44.4 Å². The van der Waals surface area contributed by atoms with Crippen molar-refractivity contribution in [2.24, 2.45) is 0 Å². The van der Waals surface area contributed by atoms with Gasteiger partial charge in [0.05, 0.1) is 22.1 Å². The minimum Gasteiger partial charge on any atom is -0.456 e. The number of benzene rings is 8. The van der Waals surface area contributed by atoms with E-state index in [1.807, 2.05) is 37.3 Å². The molecule has 0 unspecified atom stereocenters. The van der Waals surface area contributed by atoms with Crippen LogP contribution >= 0.6 is 0 Å². The van der Waals surface area contributed by atoms with Crippen LogP contribution in [0.4, 0.5) is 0 Å². The Bertz CT molecular complexity index is 3460. The maximum absolute atomic E-state index is 6.17. The van der Waals surface area contributed by atoms with E-state index in [1.54, 1.807) is 0 Å². The summed E-state index contributed by atoms with van der Waals surface area (Å²) in [7, 11) is 0. The summed E-state index contributed by atoms with van der Waals surface area (Å²) in [6.45, 7) is 6.03. The third kappa shape index (κ3) is 5.36. The van der Waals surface area contributed by atoms with Gasteiger partial charge >= 0.3 is 0 Å². The molecule has 0 aliphatic heterocycles. The number of rotatable bonds is 7. The molecule has 0 bridgehead atoms. The van der Waals surface area contributed by atoms with Crippen LogP contribution in [0.2, 0.25) is 0 Å². The highest BCUT2D eigenvalue weighted by Crippen LogP contribution is 2.39. The highest BCUT2D eigenvalue weighted by Gasteiger charge is 2.17. The van der Waals surface area contributed by atoms with Gasteiger partial charge in [-0.3, -0.25) is 0 Å². The first-order valence-electron chi connectivity index (χ1n) is 19.8. The lowest BCUT2D eigenvalue weighted by molar-refractivity contribution is 0.669. The summed E-state index contributed by atoms with van der Waals surface area (Å²) in [6.07, 6.45) is 8.08. The fourth-order valence-electron chi connectivity index (χ4n) is 8.85. The second-order valence-electron chi connectivity index (χ2n) is 14.9. The third-order valence-corrected chi connectivity index (χ3v) is 11.7. The molecule has 11 rings (SSSR count). The number of fused-ring (bicyclic) bond motifs is 9. The largest absolute Gasteiger partial charge is 0.456 e. The Labute approximate surface area is 336 Å². The second-order valence-corrected chi connectivity index (χ2v) is 14.9. The van der Waals surface area contributed by atoms with Crippen molar-refractivity contribution in [3.05, 3.63) is 212 Å². The number of hydrogen-bond donors (Lipinski definition) is 0. The summed E-state index contributed by atoms with van der Waals surface area (Å²) in [5.41, 5.74) is 15.8. The Morgan fingerprint density at radius 2 is 0.948 bits per heavy atom. The van der Waals surface area contributed by atoms with Crippen molar-refractivity contribution < 1.29 is 4.42 Å². The Hall–Kier alpha value is -7.62. The SMILES string of the molecule is C=C/C(=C\C=C/C)c1ccc(-c2ccc(-n3c4ccccc4c4cc(-c5ccc6c(c5)c5ccccc5n6-c5ccc6oc7ccccc7c6c5)ccc43)cc2)cc1. The monoisotopic (exact) mass is 742 g/mol. The summed E-state index contributed by atoms with van der Waals surface area (Å²) in [4.78, 5) is 0. The average Bonchev–Trinajstić information content (AvgIpc) is 3.94. The molecule has 0 radical (unpaired) electrons. The Morgan fingerprint density at radius 3 is 1.57 bits per heavy atom. The van der Waals surface area contributed by atoms with Crippen LogP contribution in [0.1, 0.15) is 12.5 Å². The van der Waals surface area contributed by atoms with Crippen LogP contribution in [-0.4, -0.2) is 9.13 Å². The molecule has 3 heteroatoms. The third-order valence-electron chi connectivity index (χ3n) is 11.7. The van der Waals surface area contributed by atoms with Crippen LogP contribution in [0, 0.1) is 0 Å². The van der Waals surface area contributed by atoms with Gasteiger partial charge in [-0.25, -0.2) is 0 Å². The van der Waals surface area contributed by atoms with Gasteiger partial charge < -0.3 is 13.6 Å². The summed E-state index contributed by atoms with van der Waals surface area (Å²) in [5.74, 6) is 0. The van der Waals surface area contributed by atoms with Crippen molar-refractivity contribution in [2.45, 2.75) is 6.92 Å². The molecule has 274 valence electrons. The van der Waals surface area contributed by atoms with Crippen LogP contribution in [-0.2, 0) is 0 Å². The van der Waals surface area contributed by atoms with Crippen LogP contribution in [0.5, 0.6) is 0 Å². The first-order chi connectivity index (χ1) is 28.7. The predicted octanol–water partition coefficient (Wildman–Crippen LogP) is 15.3. The fourth-order valence-corrected chi connectivity index (χ4v) is 8.85. The zero-order valence-corrected chi connectivity index (χ0v) is 32.1. The van der Waals surface area contributed by atoms with Crippen LogP contribution in [0.15, 0.2) is 211 Å². The van der Waals surface area contributed by atoms with E-state index in [2.05, 4.69) is 186 Å². The van der Waals surface area contributed by atoms with Crippen molar-refractivity contribution in [1.29, 1.82) is 0 Å². The van der Waals surface area contributed by atoms with Crippen molar-refractivity contribution in [1.82, 2.24) is 9.13 Å². The number of allylic oxidation sites excluding steroid dienone is 5. The molecule has 0 amide bonds. The zero-order valence-electron chi connectivity index (χ0n) is 32.1. The van der Waals surface area contributed by atoms with Gasteiger partial charge in [0.1, 0.15) is 11.2 Å². The quantitative estimate of drug-likeness (QED) is 0.149. The normalized spacial score (nSPS) is 12.3. The van der Waals surface area contributed by atoms with E-state index in [1.165, 1.54) is 65.9 Å². The number of para-hydroxylation sites is 3. The summed E-state index contributed by atoms with van der Waals surface area (Å²) < 4.78 is 10.9. The average molecular weight is 743 g/mol. The summed E-state index contributed by atoms with van der Waals surface area (Å²) >= 11 is 0. The molecule has 0 fully saturated rings. The number of aromatic nitrogens is 2. The Morgan fingerprint density at radius 1 is 0.448 bits per heavy atom. The molecular formula is C55H38N2O. The molecule has 0 saturated carbocycles. The number of furan rings is 1. The van der Waals surface area contributed by atoms with Gasteiger partial charge in [0, 0.05) is 43.7 Å². The van der Waals surface area contributed by atoms with Gasteiger partial charge in [-0.2, -0.15) is 0 Å². The molecule has 0 saturated heterocycles. The van der Waals surface area contributed by atoms with E-state index >= 15 is 0 Å². The number of hydrogen-bond acceptors (Lipinski definition) is 1. The van der Waals surface area contributed by atoms with Gasteiger partial charge in [-0.1, -0.05) is 134 Å². The summed E-state index contributed by atoms with van der Waals surface area (Å²) in [5, 5.41) is 7.20. The number of nitrogens with zero attached hydrogens (tertiary/aromatic N) is 2. The van der Waals surface area contributed by atoms with Crippen LogP contribution in [0.25, 0.3) is 105 Å². The molecule has 0 spiro atoms. The molecular weight excluding hydrogens is 705 g/mol. The molecule has 11 aromatic rings. The first kappa shape index (κ1) is 33.7. The summed E-state index contributed by atoms with van der Waals surface area (Å²) in [6, 6.07) is 63.8. The molecule has 3 heterocycles. The van der Waals surface area contributed by atoms with Crippen molar-refractivity contribution in [3.63, 3.8) is 0 Å². The molecule has 3 nitrogen and oxygen atoms in total. The Balaban J connectivity index is 0.982. The molecule has 0 atom stereocenters. The van der Waals surface area contributed by atoms with Gasteiger partial charge in [0.25, 0.3) is 0 Å². The van der Waals surface area contributed by atoms with E-state index in [-0.39, 0.29) is 0 Å². The minimum absolute atomic E-state index is 0.902. The van der Waals surface area contributed by atoms with Crippen LogP contribution in [0.3, 0.4) is 0 Å². The standard InChI is InChI=1S/C55H38N2O/c1-3-5-12-36(4-2)37-19-21-38(22-20-37)39-23-27-42(28-24-39)56-50-16-9-6-13-44(50)47-33-40(25-30-52(47)56)41-26-31-53-48(34-41)45-14-7-10-17-51(45)57(53)43-29-32-55-49(35-43)46-15-8-11-18-54(46)58-55/h3-35H,2H2,1H3/b5-3-,36-12+. The van der Waals surface area contributed by atoms with E-state index in [4.69, 9.17) is 4.42 Å². The fraction of sp³-hybridized carbons (Fsp3) is 0.0182. The second kappa shape index (κ2) is 13.5. The molecule has 0 aliphatic carbocycles. The van der Waals surface area contributed by atoms with Crippen molar-refractivity contribution in [3.8, 4) is 33.6 Å². The molecule has 3 aromatic heterocycles. The van der Waals surface area contributed by atoms with Gasteiger partial charge in [0.15, 0.2) is 0 Å². The van der Waals surface area contributed by atoms with Gasteiger partial charge in [-0.05, 0) is 113 Å². The predicted molar refractivity (Wildman–Crippen MR) is 246 cm³/mol. The van der Waals surface area contributed by atoms with E-state index in [9.17, 15) is 0 Å². The van der Waals surface area contributed by atoms with E-state index in [0.29, 0.717) is 0 Å². The molecule has 0 N–H and O–H groups in total. The van der Waals surface area contributed by atoms with Gasteiger partial charge in [0.2, 0.25) is 0 Å². The minimum atomic E-state index is 0.902. The maximum atomic E-state index is 6.17. The highest BCUT2D eigenvalue weighted by atomic mass is 16.3. The molecule has 8 aromatic carbocycles. The Kier molecular flexibility index (Phi) is 7.87. The first-order valence-corrected chi connectivity index (χ1v) is 19.8. The lowest BCUT2D eigenvalue weighted by Gasteiger charge is -2.11. The lowest BCUT2D eigenvalue weighted by atomic mass is 10.00.